The van der Waals surface area contributed by atoms with Crippen molar-refractivity contribution >= 4 is 11.9 Å². The van der Waals surface area contributed by atoms with E-state index in [4.69, 9.17) is 14.2 Å². The molecule has 1 rings (SSSR count). The third-order valence-electron chi connectivity index (χ3n) is 7.61. The molecule has 0 saturated carbocycles. The van der Waals surface area contributed by atoms with Gasteiger partial charge in [0.15, 0.2) is 6.10 Å². The van der Waals surface area contributed by atoms with Crippen molar-refractivity contribution in [1.29, 1.82) is 0 Å². The van der Waals surface area contributed by atoms with E-state index in [1.54, 1.807) is 0 Å². The van der Waals surface area contributed by atoms with Crippen molar-refractivity contribution in [3.8, 4) is 0 Å². The van der Waals surface area contributed by atoms with Gasteiger partial charge in [-0.3, -0.25) is 9.59 Å². The van der Waals surface area contributed by atoms with Crippen LogP contribution in [0.3, 0.4) is 0 Å². The molecule has 0 aliphatic carbocycles. The Balaban J connectivity index is 1.95. The van der Waals surface area contributed by atoms with Crippen LogP contribution in [0.5, 0.6) is 0 Å². The predicted octanol–water partition coefficient (Wildman–Crippen LogP) is 9.10. The first-order valence-corrected chi connectivity index (χ1v) is 17.2. The predicted molar refractivity (Wildman–Crippen MR) is 172 cm³/mol. The van der Waals surface area contributed by atoms with Gasteiger partial charge in [0.05, 0.1) is 18.8 Å². The van der Waals surface area contributed by atoms with Crippen molar-refractivity contribution in [1.82, 2.24) is 0 Å². The van der Waals surface area contributed by atoms with Gasteiger partial charge in [0.2, 0.25) is 0 Å². The number of epoxide rings is 1. The van der Waals surface area contributed by atoms with Crippen LogP contribution in [0.1, 0.15) is 149 Å². The van der Waals surface area contributed by atoms with Crippen LogP contribution < -0.4 is 0 Å². The van der Waals surface area contributed by atoms with E-state index >= 15 is 0 Å². The number of aliphatic hydroxyl groups excluding tert-OH is 1. The SMILES string of the molecule is CCCCCCCCCCCCC(=O)O[C@@H](CO)COC(=O)CCC/C=C\C/C=C\C/C=C\CC1OC1CCCCC. The normalized spacial score (nSPS) is 17.4. The van der Waals surface area contributed by atoms with Crippen molar-refractivity contribution in [3.05, 3.63) is 36.5 Å². The molecule has 2 unspecified atom stereocenters. The molecule has 6 nitrogen and oxygen atoms in total. The fourth-order valence-electron chi connectivity index (χ4n) is 4.87. The minimum atomic E-state index is -0.791. The number of carbonyl (C=O) groups is 2. The Bertz CT molecular complexity index is 743. The number of esters is 2. The van der Waals surface area contributed by atoms with E-state index in [2.05, 4.69) is 50.3 Å². The molecule has 1 N–H and O–H groups in total. The van der Waals surface area contributed by atoms with Crippen LogP contribution in [0.25, 0.3) is 0 Å². The van der Waals surface area contributed by atoms with Crippen molar-refractivity contribution < 1.29 is 28.9 Å². The van der Waals surface area contributed by atoms with E-state index < -0.39 is 6.10 Å². The first-order valence-electron chi connectivity index (χ1n) is 17.2. The van der Waals surface area contributed by atoms with Crippen molar-refractivity contribution in [2.75, 3.05) is 13.2 Å². The fourth-order valence-corrected chi connectivity index (χ4v) is 4.87. The molecule has 0 aromatic carbocycles. The number of unbranched alkanes of at least 4 members (excludes halogenated alkanes) is 12. The third-order valence-corrected chi connectivity index (χ3v) is 7.61. The number of allylic oxidation sites excluding steroid dienone is 5. The van der Waals surface area contributed by atoms with Gasteiger partial charge in [-0.2, -0.15) is 0 Å². The molecule has 242 valence electrons. The van der Waals surface area contributed by atoms with Crippen molar-refractivity contribution in [2.24, 2.45) is 0 Å². The molecular formula is C36H62O6. The molecule has 0 aromatic rings. The molecule has 1 saturated heterocycles. The van der Waals surface area contributed by atoms with E-state index in [1.807, 2.05) is 0 Å². The minimum Gasteiger partial charge on any atom is -0.462 e. The molecule has 1 heterocycles. The Kier molecular flexibility index (Phi) is 25.3. The van der Waals surface area contributed by atoms with Crippen LogP contribution in [0, 0.1) is 0 Å². The molecule has 0 spiro atoms. The summed E-state index contributed by atoms with van der Waals surface area (Å²) in [6.45, 7) is 4.02. The van der Waals surface area contributed by atoms with Crippen LogP contribution in [0.15, 0.2) is 36.5 Å². The molecule has 0 aromatic heterocycles. The van der Waals surface area contributed by atoms with Gasteiger partial charge >= 0.3 is 11.9 Å². The van der Waals surface area contributed by atoms with Crippen LogP contribution in [-0.2, 0) is 23.8 Å². The third kappa shape index (κ3) is 23.6. The van der Waals surface area contributed by atoms with Crippen LogP contribution >= 0.6 is 0 Å². The topological polar surface area (TPSA) is 85.4 Å². The van der Waals surface area contributed by atoms with Gasteiger partial charge in [-0.15, -0.1) is 0 Å². The Morgan fingerprint density at radius 1 is 0.690 bits per heavy atom. The summed E-state index contributed by atoms with van der Waals surface area (Å²) >= 11 is 0. The van der Waals surface area contributed by atoms with Crippen molar-refractivity contribution in [3.63, 3.8) is 0 Å². The second-order valence-corrected chi connectivity index (χ2v) is 11.6. The molecule has 1 aliphatic heterocycles. The molecule has 42 heavy (non-hydrogen) atoms. The summed E-state index contributed by atoms with van der Waals surface area (Å²) < 4.78 is 16.2. The molecular weight excluding hydrogens is 528 g/mol. The maximum atomic E-state index is 12.1. The first kappa shape index (κ1) is 38.1. The highest BCUT2D eigenvalue weighted by atomic mass is 16.6. The maximum Gasteiger partial charge on any atom is 0.306 e. The first-order chi connectivity index (χ1) is 20.6. The van der Waals surface area contributed by atoms with E-state index in [0.29, 0.717) is 31.5 Å². The van der Waals surface area contributed by atoms with Gasteiger partial charge in [0.1, 0.15) is 6.61 Å². The minimum absolute atomic E-state index is 0.0958. The summed E-state index contributed by atoms with van der Waals surface area (Å²) in [4.78, 5) is 24.1. The standard InChI is InChI=1S/C36H62O6/c1-3-5-7-8-9-10-14-18-21-25-29-36(39)41-32(30-37)31-40-35(38)28-24-20-17-15-12-11-13-16-19-23-27-34-33(42-34)26-22-6-4-2/h11,13,15,17,19,23,32-34,37H,3-10,12,14,16,18,20-22,24-31H2,1-2H3/b13-11-,17-15-,23-19-/t32-,33?,34?/m0/s1. The molecule has 0 amide bonds. The molecule has 0 radical (unpaired) electrons. The monoisotopic (exact) mass is 590 g/mol. The van der Waals surface area contributed by atoms with Gasteiger partial charge in [-0.05, 0) is 44.9 Å². The highest BCUT2D eigenvalue weighted by molar-refractivity contribution is 5.70. The van der Waals surface area contributed by atoms with Crippen LogP contribution in [0.4, 0.5) is 0 Å². The number of carbonyl (C=O) groups excluding carboxylic acids is 2. The summed E-state index contributed by atoms with van der Waals surface area (Å²) in [5, 5.41) is 9.49. The lowest BCUT2D eigenvalue weighted by atomic mass is 10.1. The molecule has 3 atom stereocenters. The molecule has 6 heteroatoms. The highest BCUT2D eigenvalue weighted by Crippen LogP contribution is 2.30. The summed E-state index contributed by atoms with van der Waals surface area (Å²) in [6, 6.07) is 0. The smallest absolute Gasteiger partial charge is 0.306 e. The second-order valence-electron chi connectivity index (χ2n) is 11.6. The number of hydrogen-bond donors (Lipinski definition) is 1. The number of aliphatic hydroxyl groups is 1. The van der Waals surface area contributed by atoms with Crippen molar-refractivity contribution in [2.45, 2.75) is 167 Å². The average molecular weight is 591 g/mol. The van der Waals surface area contributed by atoms with E-state index in [9.17, 15) is 14.7 Å². The number of hydrogen-bond acceptors (Lipinski definition) is 6. The summed E-state index contributed by atoms with van der Waals surface area (Å²) in [6.07, 6.45) is 35.2. The van der Waals surface area contributed by atoms with E-state index in [1.165, 1.54) is 70.6 Å². The maximum absolute atomic E-state index is 12.1. The second kappa shape index (κ2) is 27.9. The quantitative estimate of drug-likeness (QED) is 0.0405. The summed E-state index contributed by atoms with van der Waals surface area (Å²) in [7, 11) is 0. The van der Waals surface area contributed by atoms with Gasteiger partial charge in [-0.1, -0.05) is 127 Å². The largest absolute Gasteiger partial charge is 0.462 e. The summed E-state index contributed by atoms with van der Waals surface area (Å²) in [5.41, 5.74) is 0. The number of ether oxygens (including phenoxy) is 3. The lowest BCUT2D eigenvalue weighted by Crippen LogP contribution is -2.28. The zero-order valence-electron chi connectivity index (χ0n) is 26.9. The highest BCUT2D eigenvalue weighted by Gasteiger charge is 2.36. The van der Waals surface area contributed by atoms with Gasteiger partial charge in [-0.25, -0.2) is 0 Å². The molecule has 1 aliphatic rings. The zero-order valence-corrected chi connectivity index (χ0v) is 26.9. The van der Waals surface area contributed by atoms with E-state index in [0.717, 1.165) is 44.9 Å². The van der Waals surface area contributed by atoms with Crippen LogP contribution in [-0.4, -0.2) is 48.6 Å². The zero-order chi connectivity index (χ0) is 30.5. The Hall–Kier alpha value is -1.92. The lowest BCUT2D eigenvalue weighted by Gasteiger charge is -2.15. The van der Waals surface area contributed by atoms with Gasteiger partial charge < -0.3 is 19.3 Å². The lowest BCUT2D eigenvalue weighted by molar-refractivity contribution is -0.161. The fraction of sp³-hybridized carbons (Fsp3) is 0.778. The van der Waals surface area contributed by atoms with Gasteiger partial charge in [0, 0.05) is 12.8 Å². The Labute approximate surface area is 257 Å². The summed E-state index contributed by atoms with van der Waals surface area (Å²) in [5.74, 6) is -0.665. The Morgan fingerprint density at radius 2 is 1.26 bits per heavy atom. The molecule has 0 bridgehead atoms. The van der Waals surface area contributed by atoms with Crippen LogP contribution in [0.2, 0.25) is 0 Å². The Morgan fingerprint density at radius 3 is 1.93 bits per heavy atom. The number of rotatable bonds is 29. The van der Waals surface area contributed by atoms with E-state index in [-0.39, 0.29) is 25.2 Å². The van der Waals surface area contributed by atoms with Gasteiger partial charge in [0.25, 0.3) is 0 Å². The average Bonchev–Trinajstić information content (AvgIpc) is 3.74. The molecule has 1 fully saturated rings.